The van der Waals surface area contributed by atoms with Crippen molar-refractivity contribution in [2.75, 3.05) is 7.11 Å². The zero-order valence-electron chi connectivity index (χ0n) is 15.1. The summed E-state index contributed by atoms with van der Waals surface area (Å²) in [4.78, 5) is 3.75. The maximum Gasteiger partial charge on any atom is 0.212 e. The van der Waals surface area contributed by atoms with Crippen molar-refractivity contribution >= 4 is 0 Å². The number of hydrogen-bond acceptors (Lipinski definition) is 3. The smallest absolute Gasteiger partial charge is 0.212 e. The van der Waals surface area contributed by atoms with Crippen LogP contribution in [0, 0.1) is 11.9 Å². The predicted octanol–water partition coefficient (Wildman–Crippen LogP) is 4.95. The van der Waals surface area contributed by atoms with Gasteiger partial charge in [-0.1, -0.05) is 19.4 Å². The van der Waals surface area contributed by atoms with Crippen LogP contribution in [0.3, 0.4) is 0 Å². The molecule has 3 nitrogen and oxygen atoms in total. The second kappa shape index (κ2) is 8.43. The van der Waals surface area contributed by atoms with Gasteiger partial charge in [-0.05, 0) is 61.4 Å². The van der Waals surface area contributed by atoms with Gasteiger partial charge in [-0.25, -0.2) is 4.98 Å². The summed E-state index contributed by atoms with van der Waals surface area (Å²) in [6, 6.07) is 9.81. The van der Waals surface area contributed by atoms with Crippen LogP contribution in [0.15, 0.2) is 36.5 Å². The fourth-order valence-electron chi connectivity index (χ4n) is 3.67. The largest absolute Gasteiger partial charge is 0.496 e. The molecule has 1 aliphatic rings. The van der Waals surface area contributed by atoms with Crippen molar-refractivity contribution in [2.45, 2.75) is 51.6 Å². The molecular formula is C21H27FN2O. The Labute approximate surface area is 149 Å². The molecule has 1 aliphatic carbocycles. The van der Waals surface area contributed by atoms with Crippen molar-refractivity contribution in [3.8, 4) is 16.9 Å². The van der Waals surface area contributed by atoms with Gasteiger partial charge in [0.05, 0.1) is 7.11 Å². The van der Waals surface area contributed by atoms with Crippen LogP contribution in [0.4, 0.5) is 4.39 Å². The molecule has 4 heteroatoms. The summed E-state index contributed by atoms with van der Waals surface area (Å²) in [6.07, 6.45) is 8.03. The second-order valence-corrected chi connectivity index (χ2v) is 6.90. The molecule has 3 rings (SSSR count). The lowest BCUT2D eigenvalue weighted by Crippen LogP contribution is -2.32. The highest BCUT2D eigenvalue weighted by Gasteiger charge is 2.19. The van der Waals surface area contributed by atoms with Crippen LogP contribution in [-0.4, -0.2) is 18.1 Å². The molecule has 0 amide bonds. The Balaban J connectivity index is 1.69. The molecular weight excluding hydrogens is 315 g/mol. The third-order valence-corrected chi connectivity index (χ3v) is 5.35. The minimum atomic E-state index is -0.457. The Bertz CT molecular complexity index is 679. The topological polar surface area (TPSA) is 34.2 Å². The highest BCUT2D eigenvalue weighted by atomic mass is 19.1. The van der Waals surface area contributed by atoms with E-state index >= 15 is 0 Å². The summed E-state index contributed by atoms with van der Waals surface area (Å²) in [7, 11) is 1.70. The van der Waals surface area contributed by atoms with Gasteiger partial charge >= 0.3 is 0 Å². The number of methoxy groups -OCH3 is 1. The first-order chi connectivity index (χ1) is 12.2. The maximum atomic E-state index is 13.0. The van der Waals surface area contributed by atoms with Gasteiger partial charge in [0.15, 0.2) is 0 Å². The lowest BCUT2D eigenvalue weighted by molar-refractivity contribution is 0.284. The number of ether oxygens (including phenoxy) is 1. The number of halogens is 1. The summed E-state index contributed by atoms with van der Waals surface area (Å²) >= 11 is 0. The number of rotatable bonds is 6. The van der Waals surface area contributed by atoms with Crippen LogP contribution in [-0.2, 0) is 6.54 Å². The summed E-state index contributed by atoms with van der Waals surface area (Å²) < 4.78 is 18.6. The van der Waals surface area contributed by atoms with E-state index < -0.39 is 5.95 Å². The molecule has 1 saturated carbocycles. The summed E-state index contributed by atoms with van der Waals surface area (Å²) in [6.45, 7) is 3.08. The highest BCUT2D eigenvalue weighted by Crippen LogP contribution is 2.29. The van der Waals surface area contributed by atoms with E-state index in [-0.39, 0.29) is 0 Å². The number of hydrogen-bond donors (Lipinski definition) is 1. The molecule has 134 valence electrons. The Morgan fingerprint density at radius 1 is 1.12 bits per heavy atom. The molecule has 0 spiro atoms. The molecule has 0 radical (unpaired) electrons. The fourth-order valence-corrected chi connectivity index (χ4v) is 3.67. The van der Waals surface area contributed by atoms with Crippen molar-refractivity contribution in [1.29, 1.82) is 0 Å². The number of nitrogens with zero attached hydrogens (tertiary/aromatic N) is 1. The Hall–Kier alpha value is -1.94. The minimum absolute atomic E-state index is 0.457. The Morgan fingerprint density at radius 3 is 2.52 bits per heavy atom. The standard InChI is InChI=1S/C21H27FN2O/c1-3-15-4-8-19(9-5-15)23-14-18-12-16(6-10-20(18)25-2)17-7-11-21(22)24-13-17/h6-7,10-13,15,19,23H,3-5,8-9,14H2,1-2H3. The van der Waals surface area contributed by atoms with E-state index in [0.29, 0.717) is 6.04 Å². The first-order valence-corrected chi connectivity index (χ1v) is 9.21. The highest BCUT2D eigenvalue weighted by molar-refractivity contribution is 5.64. The van der Waals surface area contributed by atoms with E-state index in [2.05, 4.69) is 23.3 Å². The summed E-state index contributed by atoms with van der Waals surface area (Å²) in [5.41, 5.74) is 3.07. The lowest BCUT2D eigenvalue weighted by atomic mass is 9.84. The summed E-state index contributed by atoms with van der Waals surface area (Å²) in [5, 5.41) is 3.69. The third-order valence-electron chi connectivity index (χ3n) is 5.35. The van der Waals surface area contributed by atoms with Crippen LogP contribution in [0.25, 0.3) is 11.1 Å². The number of benzene rings is 1. The molecule has 0 saturated heterocycles. The second-order valence-electron chi connectivity index (χ2n) is 6.90. The molecule has 25 heavy (non-hydrogen) atoms. The molecule has 0 aliphatic heterocycles. The van der Waals surface area contributed by atoms with Gasteiger partial charge in [-0.15, -0.1) is 0 Å². The number of aromatic nitrogens is 1. The van der Waals surface area contributed by atoms with E-state index in [0.717, 1.165) is 34.9 Å². The van der Waals surface area contributed by atoms with Crippen LogP contribution >= 0.6 is 0 Å². The van der Waals surface area contributed by atoms with Gasteiger partial charge in [0.1, 0.15) is 5.75 Å². The van der Waals surface area contributed by atoms with E-state index in [9.17, 15) is 4.39 Å². The zero-order chi connectivity index (χ0) is 17.6. The third kappa shape index (κ3) is 4.57. The quantitative estimate of drug-likeness (QED) is 0.754. The lowest BCUT2D eigenvalue weighted by Gasteiger charge is -2.28. The first kappa shape index (κ1) is 17.9. The molecule has 1 heterocycles. The van der Waals surface area contributed by atoms with Crippen molar-refractivity contribution in [3.05, 3.63) is 48.0 Å². The predicted molar refractivity (Wildman–Crippen MR) is 99.1 cm³/mol. The average Bonchev–Trinajstić information content (AvgIpc) is 2.67. The first-order valence-electron chi connectivity index (χ1n) is 9.21. The number of nitrogens with one attached hydrogen (secondary N) is 1. The summed E-state index contributed by atoms with van der Waals surface area (Å²) in [5.74, 6) is 1.33. The van der Waals surface area contributed by atoms with Crippen molar-refractivity contribution in [1.82, 2.24) is 10.3 Å². The average molecular weight is 342 g/mol. The van der Waals surface area contributed by atoms with Gasteiger partial charge in [-0.3, -0.25) is 0 Å². The molecule has 1 N–H and O–H groups in total. The molecule has 0 atom stereocenters. The van der Waals surface area contributed by atoms with Crippen molar-refractivity contribution in [3.63, 3.8) is 0 Å². The van der Waals surface area contributed by atoms with E-state index in [4.69, 9.17) is 4.74 Å². The van der Waals surface area contributed by atoms with Crippen molar-refractivity contribution in [2.24, 2.45) is 5.92 Å². The van der Waals surface area contributed by atoms with E-state index in [1.165, 1.54) is 38.2 Å². The van der Waals surface area contributed by atoms with Gasteiger partial charge in [0, 0.05) is 29.9 Å². The molecule has 1 aromatic heterocycles. The van der Waals surface area contributed by atoms with Crippen LogP contribution in [0.2, 0.25) is 0 Å². The Kier molecular flexibility index (Phi) is 6.03. The Morgan fingerprint density at radius 2 is 1.88 bits per heavy atom. The van der Waals surface area contributed by atoms with Gasteiger partial charge in [-0.2, -0.15) is 4.39 Å². The molecule has 1 aromatic carbocycles. The van der Waals surface area contributed by atoms with Gasteiger partial charge < -0.3 is 10.1 Å². The van der Waals surface area contributed by atoms with Crippen molar-refractivity contribution < 1.29 is 9.13 Å². The molecule has 0 bridgehead atoms. The molecule has 2 aromatic rings. The van der Waals surface area contributed by atoms with E-state index in [1.54, 1.807) is 19.4 Å². The van der Waals surface area contributed by atoms with Crippen LogP contribution < -0.4 is 10.1 Å². The minimum Gasteiger partial charge on any atom is -0.496 e. The maximum absolute atomic E-state index is 13.0. The zero-order valence-corrected chi connectivity index (χ0v) is 15.1. The monoisotopic (exact) mass is 342 g/mol. The van der Waals surface area contributed by atoms with Crippen LogP contribution in [0.5, 0.6) is 5.75 Å². The van der Waals surface area contributed by atoms with E-state index in [1.807, 2.05) is 12.1 Å². The SMILES string of the molecule is CCC1CCC(NCc2cc(-c3ccc(F)nc3)ccc2OC)CC1. The normalized spacial score (nSPS) is 20.4. The number of pyridine rings is 1. The molecule has 0 unspecified atom stereocenters. The van der Waals surface area contributed by atoms with Gasteiger partial charge in [0.25, 0.3) is 0 Å². The van der Waals surface area contributed by atoms with Gasteiger partial charge in [0.2, 0.25) is 5.95 Å². The fraction of sp³-hybridized carbons (Fsp3) is 0.476. The molecule has 1 fully saturated rings. The van der Waals surface area contributed by atoms with Crippen LogP contribution in [0.1, 0.15) is 44.6 Å².